The number of methoxy groups -OCH3 is 1. The van der Waals surface area contributed by atoms with E-state index in [9.17, 15) is 9.59 Å². The first kappa shape index (κ1) is 16.7. The fraction of sp³-hybridized carbons (Fsp3) is 0.833. The molecule has 0 aromatic rings. The van der Waals surface area contributed by atoms with E-state index in [-0.39, 0.29) is 6.61 Å². The van der Waals surface area contributed by atoms with Crippen LogP contribution in [-0.2, 0) is 14.3 Å². The van der Waals surface area contributed by atoms with Crippen molar-refractivity contribution < 1.29 is 19.1 Å². The lowest BCUT2D eigenvalue weighted by atomic mass is 10.3. The van der Waals surface area contributed by atoms with Crippen LogP contribution >= 0.6 is 0 Å². The molecule has 1 unspecified atom stereocenters. The zero-order valence-electron chi connectivity index (χ0n) is 11.7. The van der Waals surface area contributed by atoms with Gasteiger partial charge < -0.3 is 9.47 Å². The van der Waals surface area contributed by atoms with Crippen LogP contribution in [0.5, 0.6) is 0 Å². The topological polar surface area (TPSA) is 67.9 Å². The number of carbonyl (C=O) groups excluding carboxylic acids is 2. The van der Waals surface area contributed by atoms with E-state index in [2.05, 4.69) is 5.32 Å². The van der Waals surface area contributed by atoms with Gasteiger partial charge in [-0.25, -0.2) is 9.59 Å². The molecule has 0 saturated carbocycles. The minimum atomic E-state index is -0.780. The van der Waals surface area contributed by atoms with Crippen molar-refractivity contribution in [2.45, 2.75) is 39.8 Å². The van der Waals surface area contributed by atoms with Gasteiger partial charge in [-0.3, -0.25) is 10.2 Å². The summed E-state index contributed by atoms with van der Waals surface area (Å²) in [7, 11) is 1.30. The number of nitrogens with zero attached hydrogens (tertiary/aromatic N) is 1. The fourth-order valence-corrected chi connectivity index (χ4v) is 1.51. The standard InChI is InChI=1S/C12H24N2O4/c1-5-8-13-10(11(15)18-7-3)14(9-6-2)12(16)17-4/h10,13H,5-9H2,1-4H3. The molecule has 0 radical (unpaired) electrons. The lowest BCUT2D eigenvalue weighted by Gasteiger charge is -2.29. The van der Waals surface area contributed by atoms with Gasteiger partial charge in [-0.2, -0.15) is 0 Å². The van der Waals surface area contributed by atoms with Crippen LogP contribution in [0.3, 0.4) is 0 Å². The monoisotopic (exact) mass is 260 g/mol. The minimum absolute atomic E-state index is 0.282. The lowest BCUT2D eigenvalue weighted by molar-refractivity contribution is -0.150. The smallest absolute Gasteiger partial charge is 0.411 e. The van der Waals surface area contributed by atoms with Crippen LogP contribution in [0.2, 0.25) is 0 Å². The van der Waals surface area contributed by atoms with Gasteiger partial charge in [0.05, 0.1) is 13.7 Å². The maximum atomic E-state index is 11.9. The Bertz CT molecular complexity index is 258. The number of nitrogens with one attached hydrogen (secondary N) is 1. The van der Waals surface area contributed by atoms with Gasteiger partial charge >= 0.3 is 12.1 Å². The van der Waals surface area contributed by atoms with Crippen molar-refractivity contribution in [1.82, 2.24) is 10.2 Å². The molecule has 18 heavy (non-hydrogen) atoms. The molecule has 1 atom stereocenters. The molecule has 0 aromatic carbocycles. The Balaban J connectivity index is 4.83. The minimum Gasteiger partial charge on any atom is -0.463 e. The van der Waals surface area contributed by atoms with E-state index >= 15 is 0 Å². The first-order valence-electron chi connectivity index (χ1n) is 6.36. The molecule has 6 nitrogen and oxygen atoms in total. The summed E-state index contributed by atoms with van der Waals surface area (Å²) < 4.78 is 9.67. The number of amides is 1. The number of hydrogen-bond donors (Lipinski definition) is 1. The van der Waals surface area contributed by atoms with Gasteiger partial charge in [0.25, 0.3) is 0 Å². The average molecular weight is 260 g/mol. The predicted molar refractivity (Wildman–Crippen MR) is 68.1 cm³/mol. The van der Waals surface area contributed by atoms with Gasteiger partial charge in [-0.15, -0.1) is 0 Å². The maximum absolute atomic E-state index is 11.9. The normalized spacial score (nSPS) is 11.8. The Labute approximate surface area is 109 Å². The molecule has 0 aromatic heterocycles. The number of hydrogen-bond acceptors (Lipinski definition) is 5. The Morgan fingerprint density at radius 3 is 2.33 bits per heavy atom. The summed E-state index contributed by atoms with van der Waals surface area (Å²) in [6, 6.07) is 0. The van der Waals surface area contributed by atoms with Crippen LogP contribution in [0.15, 0.2) is 0 Å². The highest BCUT2D eigenvalue weighted by Crippen LogP contribution is 2.04. The highest BCUT2D eigenvalue weighted by atomic mass is 16.6. The SMILES string of the molecule is CCCNC(C(=O)OCC)N(CCC)C(=O)OC. The van der Waals surface area contributed by atoms with Gasteiger partial charge in [-0.1, -0.05) is 13.8 Å². The van der Waals surface area contributed by atoms with E-state index in [0.29, 0.717) is 13.1 Å². The molecule has 0 aliphatic rings. The van der Waals surface area contributed by atoms with E-state index in [4.69, 9.17) is 9.47 Å². The second kappa shape index (κ2) is 9.70. The molecule has 6 heteroatoms. The van der Waals surface area contributed by atoms with Crippen molar-refractivity contribution in [1.29, 1.82) is 0 Å². The summed E-state index contributed by atoms with van der Waals surface area (Å²) in [5.41, 5.74) is 0. The van der Waals surface area contributed by atoms with E-state index in [0.717, 1.165) is 12.8 Å². The molecule has 0 rings (SSSR count). The number of ether oxygens (including phenoxy) is 2. The van der Waals surface area contributed by atoms with Crippen molar-refractivity contribution in [2.24, 2.45) is 0 Å². The van der Waals surface area contributed by atoms with Crippen LogP contribution in [0.25, 0.3) is 0 Å². The third-order valence-electron chi connectivity index (χ3n) is 2.28. The van der Waals surface area contributed by atoms with Crippen molar-refractivity contribution in [3.63, 3.8) is 0 Å². The van der Waals surface area contributed by atoms with Crippen LogP contribution in [0.4, 0.5) is 4.79 Å². The highest BCUT2D eigenvalue weighted by molar-refractivity contribution is 5.81. The Hall–Kier alpha value is -1.30. The molecule has 0 saturated heterocycles. The zero-order valence-corrected chi connectivity index (χ0v) is 11.7. The lowest BCUT2D eigenvalue weighted by Crippen LogP contribution is -2.54. The quantitative estimate of drug-likeness (QED) is 0.527. The van der Waals surface area contributed by atoms with Gasteiger partial charge in [0.2, 0.25) is 0 Å². The van der Waals surface area contributed by atoms with Crippen molar-refractivity contribution in [3.05, 3.63) is 0 Å². The van der Waals surface area contributed by atoms with Gasteiger partial charge in [0.1, 0.15) is 0 Å². The summed E-state index contributed by atoms with van der Waals surface area (Å²) in [5, 5.41) is 3.00. The molecule has 0 spiro atoms. The first-order valence-corrected chi connectivity index (χ1v) is 6.36. The largest absolute Gasteiger partial charge is 0.463 e. The van der Waals surface area contributed by atoms with Crippen molar-refractivity contribution in [2.75, 3.05) is 26.8 Å². The summed E-state index contributed by atoms with van der Waals surface area (Å²) in [4.78, 5) is 24.9. The van der Waals surface area contributed by atoms with Crippen molar-refractivity contribution in [3.8, 4) is 0 Å². The molecular formula is C12H24N2O4. The van der Waals surface area contributed by atoms with Crippen LogP contribution < -0.4 is 5.32 Å². The molecule has 0 fully saturated rings. The molecule has 0 heterocycles. The molecule has 1 N–H and O–H groups in total. The van der Waals surface area contributed by atoms with Crippen molar-refractivity contribution >= 4 is 12.1 Å². The highest BCUT2D eigenvalue weighted by Gasteiger charge is 2.30. The summed E-state index contributed by atoms with van der Waals surface area (Å²) in [6.07, 6.45) is 0.284. The van der Waals surface area contributed by atoms with Crippen LogP contribution in [-0.4, -0.2) is 49.9 Å². The second-order valence-electron chi connectivity index (χ2n) is 3.77. The van der Waals surface area contributed by atoms with Gasteiger partial charge in [0.15, 0.2) is 6.17 Å². The summed E-state index contributed by atoms with van der Waals surface area (Å²) >= 11 is 0. The second-order valence-corrected chi connectivity index (χ2v) is 3.77. The molecule has 0 aliphatic heterocycles. The Morgan fingerprint density at radius 2 is 1.89 bits per heavy atom. The third-order valence-corrected chi connectivity index (χ3v) is 2.28. The molecule has 106 valence electrons. The maximum Gasteiger partial charge on any atom is 0.411 e. The van der Waals surface area contributed by atoms with Gasteiger partial charge in [-0.05, 0) is 26.3 Å². The van der Waals surface area contributed by atoms with Gasteiger partial charge in [0, 0.05) is 6.54 Å². The number of rotatable bonds is 8. The number of esters is 1. The average Bonchev–Trinajstić information content (AvgIpc) is 2.37. The predicted octanol–water partition coefficient (Wildman–Crippen LogP) is 1.35. The number of carbonyl (C=O) groups is 2. The van der Waals surface area contributed by atoms with E-state index in [1.54, 1.807) is 6.92 Å². The molecule has 0 aliphatic carbocycles. The van der Waals surface area contributed by atoms with Crippen LogP contribution in [0, 0.1) is 0 Å². The van der Waals surface area contributed by atoms with E-state index in [1.807, 2.05) is 13.8 Å². The van der Waals surface area contributed by atoms with E-state index < -0.39 is 18.2 Å². The Kier molecular flexibility index (Phi) is 9.00. The zero-order chi connectivity index (χ0) is 14.0. The molecular weight excluding hydrogens is 236 g/mol. The summed E-state index contributed by atoms with van der Waals surface area (Å²) in [5.74, 6) is -0.454. The molecule has 1 amide bonds. The van der Waals surface area contributed by atoms with Crippen LogP contribution in [0.1, 0.15) is 33.6 Å². The summed E-state index contributed by atoms with van der Waals surface area (Å²) in [6.45, 7) is 6.99. The fourth-order valence-electron chi connectivity index (χ4n) is 1.51. The molecule has 0 bridgehead atoms. The first-order chi connectivity index (χ1) is 8.62. The third kappa shape index (κ3) is 5.35. The van der Waals surface area contributed by atoms with E-state index in [1.165, 1.54) is 12.0 Å². The Morgan fingerprint density at radius 1 is 1.22 bits per heavy atom.